The molecule has 2 aromatic carbocycles. The lowest BCUT2D eigenvalue weighted by Gasteiger charge is -2.31. The number of hydrogen-bond donors (Lipinski definition) is 0. The van der Waals surface area contributed by atoms with Crippen LogP contribution in [0.1, 0.15) is 28.8 Å². The van der Waals surface area contributed by atoms with Gasteiger partial charge in [-0.15, -0.1) is 0 Å². The molecular weight excluding hydrogens is 403 g/mol. The highest BCUT2D eigenvalue weighted by molar-refractivity contribution is 7.20. The Morgan fingerprint density at radius 1 is 1.19 bits per heavy atom. The Kier molecular flexibility index (Phi) is 5.26. The van der Waals surface area contributed by atoms with Crippen molar-refractivity contribution in [2.75, 3.05) is 13.1 Å². The number of aromatic nitrogens is 1. The Balaban J connectivity index is 1.39. The van der Waals surface area contributed by atoms with Crippen LogP contribution in [0.4, 0.5) is 0 Å². The van der Waals surface area contributed by atoms with Crippen molar-refractivity contribution in [2.24, 2.45) is 0 Å². The third-order valence-corrected chi connectivity index (χ3v) is 6.06. The van der Waals surface area contributed by atoms with Crippen molar-refractivity contribution in [3.8, 4) is 5.19 Å². The minimum Gasteiger partial charge on any atom is -0.467 e. The highest BCUT2D eigenvalue weighted by Gasteiger charge is 2.26. The van der Waals surface area contributed by atoms with E-state index >= 15 is 0 Å². The van der Waals surface area contributed by atoms with E-state index in [0.717, 1.165) is 28.6 Å². The molecule has 0 N–H and O–H groups in total. The largest absolute Gasteiger partial charge is 0.467 e. The Labute approximate surface area is 171 Å². The summed E-state index contributed by atoms with van der Waals surface area (Å²) < 4.78 is 7.23. The summed E-state index contributed by atoms with van der Waals surface area (Å²) >= 11 is 13.6. The van der Waals surface area contributed by atoms with Crippen molar-refractivity contribution in [2.45, 2.75) is 25.9 Å². The molecule has 0 unspecified atom stereocenters. The molecule has 0 radical (unpaired) electrons. The summed E-state index contributed by atoms with van der Waals surface area (Å²) in [5.74, 6) is -0.0477. The minimum atomic E-state index is -0.0477. The Hall–Kier alpha value is -1.82. The number of aryl methyl sites for hydroxylation is 1. The maximum absolute atomic E-state index is 12.7. The van der Waals surface area contributed by atoms with E-state index in [0.29, 0.717) is 33.9 Å². The molecule has 140 valence electrons. The fourth-order valence-corrected chi connectivity index (χ4v) is 4.78. The second-order valence-electron chi connectivity index (χ2n) is 6.67. The van der Waals surface area contributed by atoms with Crippen LogP contribution in [0.3, 0.4) is 0 Å². The third-order valence-electron chi connectivity index (χ3n) is 4.71. The fraction of sp³-hybridized carbons (Fsp3) is 0.300. The predicted molar refractivity (Wildman–Crippen MR) is 110 cm³/mol. The monoisotopic (exact) mass is 420 g/mol. The summed E-state index contributed by atoms with van der Waals surface area (Å²) in [5, 5.41) is 1.64. The van der Waals surface area contributed by atoms with Gasteiger partial charge in [0.15, 0.2) is 0 Å². The van der Waals surface area contributed by atoms with Crippen molar-refractivity contribution in [1.29, 1.82) is 0 Å². The molecule has 1 amide bonds. The van der Waals surface area contributed by atoms with Gasteiger partial charge in [0.25, 0.3) is 11.1 Å². The van der Waals surface area contributed by atoms with Crippen molar-refractivity contribution in [3.05, 3.63) is 57.6 Å². The fourth-order valence-electron chi connectivity index (χ4n) is 3.30. The zero-order chi connectivity index (χ0) is 19.0. The quantitative estimate of drug-likeness (QED) is 0.553. The number of thiazole rings is 1. The molecule has 1 aliphatic rings. The first kappa shape index (κ1) is 18.5. The lowest BCUT2D eigenvalue weighted by atomic mass is 10.1. The van der Waals surface area contributed by atoms with E-state index in [2.05, 4.69) is 24.0 Å². The molecular formula is C20H18Cl2N2O2S. The normalized spacial score (nSPS) is 15.3. The van der Waals surface area contributed by atoms with Crippen molar-refractivity contribution in [3.63, 3.8) is 0 Å². The molecule has 0 aliphatic carbocycles. The number of para-hydroxylation sites is 1. The second-order valence-corrected chi connectivity index (χ2v) is 8.54. The summed E-state index contributed by atoms with van der Waals surface area (Å²) in [4.78, 5) is 19.1. The minimum absolute atomic E-state index is 0.0477. The number of hydrogen-bond acceptors (Lipinski definition) is 4. The Morgan fingerprint density at radius 3 is 2.56 bits per heavy atom. The zero-order valence-electron chi connectivity index (χ0n) is 14.7. The zero-order valence-corrected chi connectivity index (χ0v) is 17.1. The van der Waals surface area contributed by atoms with Gasteiger partial charge < -0.3 is 9.64 Å². The number of halogens is 2. The SMILES string of the molecule is Cc1cccc2sc(OC3CCN(C(=O)c4cc(Cl)cc(Cl)c4)CC3)nc12. The number of rotatable bonds is 3. The Morgan fingerprint density at radius 2 is 1.89 bits per heavy atom. The number of ether oxygens (including phenoxy) is 1. The van der Waals surface area contributed by atoms with Crippen LogP contribution in [0.2, 0.25) is 10.0 Å². The van der Waals surface area contributed by atoms with E-state index in [-0.39, 0.29) is 12.0 Å². The van der Waals surface area contributed by atoms with Crippen LogP contribution >= 0.6 is 34.5 Å². The van der Waals surface area contributed by atoms with Gasteiger partial charge in [-0.2, -0.15) is 0 Å². The second kappa shape index (κ2) is 7.66. The lowest BCUT2D eigenvalue weighted by Crippen LogP contribution is -2.41. The topological polar surface area (TPSA) is 42.4 Å². The van der Waals surface area contributed by atoms with E-state index in [1.807, 2.05) is 11.0 Å². The first-order valence-electron chi connectivity index (χ1n) is 8.78. The van der Waals surface area contributed by atoms with Gasteiger partial charge in [0.1, 0.15) is 6.10 Å². The van der Waals surface area contributed by atoms with Crippen LogP contribution in [0.25, 0.3) is 10.2 Å². The van der Waals surface area contributed by atoms with Gasteiger partial charge in [-0.1, -0.05) is 46.7 Å². The third kappa shape index (κ3) is 4.05. The van der Waals surface area contributed by atoms with Crippen LogP contribution in [-0.4, -0.2) is 35.0 Å². The molecule has 4 rings (SSSR count). The van der Waals surface area contributed by atoms with E-state index in [1.54, 1.807) is 29.5 Å². The number of likely N-dealkylation sites (tertiary alicyclic amines) is 1. The molecule has 27 heavy (non-hydrogen) atoms. The number of nitrogens with zero attached hydrogens (tertiary/aromatic N) is 2. The predicted octanol–water partition coefficient (Wildman–Crippen LogP) is 5.60. The summed E-state index contributed by atoms with van der Waals surface area (Å²) in [5.41, 5.74) is 2.68. The number of benzene rings is 2. The van der Waals surface area contributed by atoms with Crippen molar-refractivity contribution in [1.82, 2.24) is 9.88 Å². The highest BCUT2D eigenvalue weighted by atomic mass is 35.5. The molecule has 0 saturated carbocycles. The van der Waals surface area contributed by atoms with Gasteiger partial charge in [0.05, 0.1) is 10.2 Å². The van der Waals surface area contributed by atoms with Gasteiger partial charge >= 0.3 is 0 Å². The summed E-state index contributed by atoms with van der Waals surface area (Å²) in [6, 6.07) is 11.1. The maximum atomic E-state index is 12.7. The Bertz CT molecular complexity index is 977. The average molecular weight is 421 g/mol. The van der Waals surface area contributed by atoms with Crippen molar-refractivity contribution >= 4 is 50.7 Å². The first-order chi connectivity index (χ1) is 13.0. The maximum Gasteiger partial charge on any atom is 0.274 e. The molecule has 1 aliphatic heterocycles. The van der Waals surface area contributed by atoms with E-state index in [1.165, 1.54) is 0 Å². The summed E-state index contributed by atoms with van der Waals surface area (Å²) in [6.45, 7) is 3.33. The molecule has 0 atom stereocenters. The number of carbonyl (C=O) groups excluding carboxylic acids is 1. The molecule has 1 aromatic heterocycles. The van der Waals surface area contributed by atoms with E-state index < -0.39 is 0 Å². The lowest BCUT2D eigenvalue weighted by molar-refractivity contribution is 0.0595. The molecule has 7 heteroatoms. The average Bonchev–Trinajstić information content (AvgIpc) is 3.05. The molecule has 1 saturated heterocycles. The number of amides is 1. The molecule has 0 spiro atoms. The molecule has 2 heterocycles. The number of carbonyl (C=O) groups is 1. The van der Waals surface area contributed by atoms with Crippen LogP contribution in [-0.2, 0) is 0 Å². The van der Waals surface area contributed by atoms with Gasteiger partial charge in [0.2, 0.25) is 0 Å². The summed E-state index contributed by atoms with van der Waals surface area (Å²) in [7, 11) is 0. The number of piperidine rings is 1. The van der Waals surface area contributed by atoms with Crippen LogP contribution < -0.4 is 4.74 Å². The highest BCUT2D eigenvalue weighted by Crippen LogP contribution is 2.31. The summed E-state index contributed by atoms with van der Waals surface area (Å²) in [6.07, 6.45) is 1.61. The van der Waals surface area contributed by atoms with Gasteiger partial charge in [0, 0.05) is 41.5 Å². The van der Waals surface area contributed by atoms with E-state index in [4.69, 9.17) is 27.9 Å². The standard InChI is InChI=1S/C20H18Cl2N2O2S/c1-12-3-2-4-17-18(12)23-20(27-17)26-16-5-7-24(8-6-16)19(25)13-9-14(21)11-15(22)10-13/h2-4,9-11,16H,5-8H2,1H3. The van der Waals surface area contributed by atoms with Gasteiger partial charge in [-0.05, 0) is 36.8 Å². The smallest absolute Gasteiger partial charge is 0.274 e. The molecule has 4 nitrogen and oxygen atoms in total. The number of fused-ring (bicyclic) bond motifs is 1. The van der Waals surface area contributed by atoms with Crippen molar-refractivity contribution < 1.29 is 9.53 Å². The first-order valence-corrected chi connectivity index (χ1v) is 10.3. The van der Waals surface area contributed by atoms with Crippen LogP contribution in [0, 0.1) is 6.92 Å². The van der Waals surface area contributed by atoms with E-state index in [9.17, 15) is 4.79 Å². The van der Waals surface area contributed by atoms with Gasteiger partial charge in [-0.25, -0.2) is 4.98 Å². The molecule has 3 aromatic rings. The van der Waals surface area contributed by atoms with Crippen LogP contribution in [0.15, 0.2) is 36.4 Å². The van der Waals surface area contributed by atoms with Crippen LogP contribution in [0.5, 0.6) is 5.19 Å². The molecule has 0 bridgehead atoms. The van der Waals surface area contributed by atoms with Gasteiger partial charge in [-0.3, -0.25) is 4.79 Å². The molecule has 1 fully saturated rings.